The number of phenolic OH excluding ortho intramolecular Hbond substituents is 1. The number of benzene rings is 1. The number of aliphatic imine (C=N–C) groups is 2. The van der Waals surface area contributed by atoms with Gasteiger partial charge in [0.15, 0.2) is 5.96 Å². The van der Waals surface area contributed by atoms with Gasteiger partial charge < -0.3 is 26.4 Å². The molecule has 0 heterocycles. The highest BCUT2D eigenvalue weighted by Gasteiger charge is 2.13. The SMILES string of the molecule is COc1ccc(O)c(/C=C/C=NC(CCCN=C(N)N)C(=O)O)c1. The van der Waals surface area contributed by atoms with Gasteiger partial charge in [-0.3, -0.25) is 9.98 Å². The molecule has 8 nitrogen and oxygen atoms in total. The van der Waals surface area contributed by atoms with Gasteiger partial charge >= 0.3 is 5.97 Å². The molecule has 0 aliphatic heterocycles. The number of aliphatic carboxylic acids is 1. The Kier molecular flexibility index (Phi) is 7.83. The van der Waals surface area contributed by atoms with Gasteiger partial charge in [0.25, 0.3) is 0 Å². The van der Waals surface area contributed by atoms with Gasteiger partial charge in [-0.1, -0.05) is 0 Å². The summed E-state index contributed by atoms with van der Waals surface area (Å²) in [5.74, 6) is -0.347. The number of phenols is 1. The molecule has 0 amide bonds. The Labute approximate surface area is 140 Å². The van der Waals surface area contributed by atoms with E-state index in [0.29, 0.717) is 30.7 Å². The van der Waals surface area contributed by atoms with Crippen molar-refractivity contribution < 1.29 is 19.7 Å². The zero-order chi connectivity index (χ0) is 17.9. The third-order valence-corrected chi connectivity index (χ3v) is 3.08. The van der Waals surface area contributed by atoms with Crippen molar-refractivity contribution in [1.82, 2.24) is 0 Å². The molecule has 1 unspecified atom stereocenters. The molecule has 0 spiro atoms. The lowest BCUT2D eigenvalue weighted by atomic mass is 10.1. The van der Waals surface area contributed by atoms with Gasteiger partial charge in [0.2, 0.25) is 0 Å². The van der Waals surface area contributed by atoms with Crippen molar-refractivity contribution >= 4 is 24.2 Å². The molecule has 0 saturated heterocycles. The molecule has 0 aliphatic rings. The highest BCUT2D eigenvalue weighted by Crippen LogP contribution is 2.23. The topological polar surface area (TPSA) is 144 Å². The molecule has 130 valence electrons. The fraction of sp³-hybridized carbons (Fsp3) is 0.312. The smallest absolute Gasteiger partial charge is 0.328 e. The van der Waals surface area contributed by atoms with Crippen molar-refractivity contribution in [1.29, 1.82) is 0 Å². The number of rotatable bonds is 9. The first-order valence-corrected chi connectivity index (χ1v) is 7.29. The lowest BCUT2D eigenvalue weighted by Crippen LogP contribution is -2.23. The lowest BCUT2D eigenvalue weighted by molar-refractivity contribution is -0.138. The predicted molar refractivity (Wildman–Crippen MR) is 93.5 cm³/mol. The molecule has 1 atom stereocenters. The van der Waals surface area contributed by atoms with Crippen molar-refractivity contribution in [2.45, 2.75) is 18.9 Å². The molecule has 0 aliphatic carbocycles. The Morgan fingerprint density at radius 1 is 1.42 bits per heavy atom. The molecule has 1 rings (SSSR count). The predicted octanol–water partition coefficient (Wildman–Crippen LogP) is 0.992. The van der Waals surface area contributed by atoms with Gasteiger partial charge in [0.1, 0.15) is 17.5 Å². The van der Waals surface area contributed by atoms with E-state index >= 15 is 0 Å². The van der Waals surface area contributed by atoms with Crippen LogP contribution >= 0.6 is 0 Å². The van der Waals surface area contributed by atoms with Crippen LogP contribution in [-0.4, -0.2) is 48.1 Å². The largest absolute Gasteiger partial charge is 0.507 e. The van der Waals surface area contributed by atoms with Gasteiger partial charge in [-0.05, 0) is 43.2 Å². The van der Waals surface area contributed by atoms with Crippen molar-refractivity contribution in [3.05, 3.63) is 29.8 Å². The van der Waals surface area contributed by atoms with Gasteiger partial charge in [-0.2, -0.15) is 0 Å². The maximum atomic E-state index is 11.1. The number of hydrogen-bond donors (Lipinski definition) is 4. The van der Waals surface area contributed by atoms with Crippen LogP contribution in [0, 0.1) is 0 Å². The van der Waals surface area contributed by atoms with Gasteiger partial charge in [-0.15, -0.1) is 0 Å². The summed E-state index contributed by atoms with van der Waals surface area (Å²) in [6.45, 7) is 0.356. The molecule has 1 aromatic carbocycles. The zero-order valence-electron chi connectivity index (χ0n) is 13.4. The van der Waals surface area contributed by atoms with E-state index in [0.717, 1.165) is 0 Å². The van der Waals surface area contributed by atoms with E-state index in [4.69, 9.17) is 21.3 Å². The van der Waals surface area contributed by atoms with E-state index in [9.17, 15) is 9.90 Å². The average molecular weight is 334 g/mol. The fourth-order valence-electron chi connectivity index (χ4n) is 1.85. The minimum absolute atomic E-state index is 0.0218. The van der Waals surface area contributed by atoms with Crippen LogP contribution in [0.15, 0.2) is 34.3 Å². The van der Waals surface area contributed by atoms with Crippen molar-refractivity contribution in [2.24, 2.45) is 21.5 Å². The number of ether oxygens (including phenoxy) is 1. The van der Waals surface area contributed by atoms with E-state index in [-0.39, 0.29) is 11.7 Å². The molecule has 8 heteroatoms. The summed E-state index contributed by atoms with van der Waals surface area (Å²) in [6.07, 6.45) is 5.38. The molecule has 0 saturated carbocycles. The number of allylic oxidation sites excluding steroid dienone is 1. The third-order valence-electron chi connectivity index (χ3n) is 3.08. The first-order chi connectivity index (χ1) is 11.4. The van der Waals surface area contributed by atoms with E-state index in [1.165, 1.54) is 19.4 Å². The Bertz CT molecular complexity index is 637. The summed E-state index contributed by atoms with van der Waals surface area (Å²) in [5, 5.41) is 18.9. The van der Waals surface area contributed by atoms with E-state index in [2.05, 4.69) is 9.98 Å². The second kappa shape index (κ2) is 9.88. The molecule has 0 bridgehead atoms. The maximum absolute atomic E-state index is 11.1. The second-order valence-corrected chi connectivity index (χ2v) is 4.88. The number of nitrogens with zero attached hydrogens (tertiary/aromatic N) is 2. The Morgan fingerprint density at radius 3 is 2.79 bits per heavy atom. The number of aromatic hydroxyl groups is 1. The lowest BCUT2D eigenvalue weighted by Gasteiger charge is -2.05. The fourth-order valence-corrected chi connectivity index (χ4v) is 1.85. The van der Waals surface area contributed by atoms with Crippen LogP contribution in [0.2, 0.25) is 0 Å². The molecule has 0 aromatic heterocycles. The Morgan fingerprint density at radius 2 is 2.17 bits per heavy atom. The quantitative estimate of drug-likeness (QED) is 0.301. The summed E-state index contributed by atoms with van der Waals surface area (Å²) in [7, 11) is 1.53. The number of carboxylic acid groups (broad SMARTS) is 1. The van der Waals surface area contributed by atoms with E-state index < -0.39 is 12.0 Å². The summed E-state index contributed by atoms with van der Waals surface area (Å²) in [6, 6.07) is 3.93. The second-order valence-electron chi connectivity index (χ2n) is 4.88. The molecular formula is C16H22N4O4. The van der Waals surface area contributed by atoms with Crippen LogP contribution in [0.1, 0.15) is 18.4 Å². The molecule has 0 fully saturated rings. The number of methoxy groups -OCH3 is 1. The number of carbonyl (C=O) groups is 1. The number of hydrogen-bond acceptors (Lipinski definition) is 5. The minimum Gasteiger partial charge on any atom is -0.507 e. The highest BCUT2D eigenvalue weighted by molar-refractivity contribution is 5.83. The molecule has 6 N–H and O–H groups in total. The normalized spacial score (nSPS) is 12.4. The summed E-state index contributed by atoms with van der Waals surface area (Å²) in [5.41, 5.74) is 10.9. The highest BCUT2D eigenvalue weighted by atomic mass is 16.5. The Balaban J connectivity index is 2.64. The Hall–Kier alpha value is -3.03. The first kappa shape index (κ1) is 19.0. The summed E-state index contributed by atoms with van der Waals surface area (Å²) < 4.78 is 5.07. The van der Waals surface area contributed by atoms with Gasteiger partial charge in [0.05, 0.1) is 7.11 Å². The summed E-state index contributed by atoms with van der Waals surface area (Å²) in [4.78, 5) is 18.9. The van der Waals surface area contributed by atoms with Gasteiger partial charge in [-0.25, -0.2) is 4.79 Å². The van der Waals surface area contributed by atoms with Crippen LogP contribution in [0.4, 0.5) is 0 Å². The van der Waals surface area contributed by atoms with Crippen LogP contribution in [0.25, 0.3) is 6.08 Å². The minimum atomic E-state index is -1.02. The first-order valence-electron chi connectivity index (χ1n) is 7.29. The number of carboxylic acids is 1. The maximum Gasteiger partial charge on any atom is 0.328 e. The zero-order valence-corrected chi connectivity index (χ0v) is 13.4. The monoisotopic (exact) mass is 334 g/mol. The van der Waals surface area contributed by atoms with E-state index in [1.54, 1.807) is 24.3 Å². The molecule has 24 heavy (non-hydrogen) atoms. The standard InChI is InChI=1S/C16H22N4O4/c1-24-12-6-7-14(21)11(10-12)4-2-8-19-13(15(22)23)5-3-9-20-16(17)18/h2,4,6-8,10,13,21H,3,5,9H2,1H3,(H,22,23)(H4,17,18,20)/b4-2+,19-8?. The third kappa shape index (κ3) is 6.82. The number of guanidine groups is 1. The molecular weight excluding hydrogens is 312 g/mol. The van der Waals surface area contributed by atoms with Crippen molar-refractivity contribution in [3.8, 4) is 11.5 Å². The van der Waals surface area contributed by atoms with Crippen LogP contribution in [0.3, 0.4) is 0 Å². The van der Waals surface area contributed by atoms with Crippen molar-refractivity contribution in [2.75, 3.05) is 13.7 Å². The van der Waals surface area contributed by atoms with Crippen LogP contribution < -0.4 is 16.2 Å². The molecule has 0 radical (unpaired) electrons. The van der Waals surface area contributed by atoms with Crippen LogP contribution in [0.5, 0.6) is 11.5 Å². The molecule has 1 aromatic rings. The average Bonchev–Trinajstić information content (AvgIpc) is 2.54. The van der Waals surface area contributed by atoms with E-state index in [1.807, 2.05) is 0 Å². The van der Waals surface area contributed by atoms with Crippen molar-refractivity contribution in [3.63, 3.8) is 0 Å². The van der Waals surface area contributed by atoms with Crippen LogP contribution in [-0.2, 0) is 4.79 Å². The number of nitrogens with two attached hydrogens (primary N) is 2. The van der Waals surface area contributed by atoms with Gasteiger partial charge in [0, 0.05) is 18.3 Å². The summed E-state index contributed by atoms with van der Waals surface area (Å²) >= 11 is 0.